The lowest BCUT2D eigenvalue weighted by molar-refractivity contribution is 0.177. The Kier molecular flexibility index (Phi) is 6.29. The normalized spacial score (nSPS) is 16.7. The van der Waals surface area contributed by atoms with Gasteiger partial charge in [0, 0.05) is 20.6 Å². The van der Waals surface area contributed by atoms with Crippen molar-refractivity contribution in [1.82, 2.24) is 9.21 Å². The number of nitrogens with zero attached hydrogens (tertiary/aromatic N) is 2. The van der Waals surface area contributed by atoms with E-state index in [1.165, 1.54) is 10.4 Å². The number of hydrogen-bond acceptors (Lipinski definition) is 3. The maximum atomic E-state index is 13.3. The molecule has 4 nitrogen and oxygen atoms in total. The fraction of sp³-hybridized carbons (Fsp3) is 0.429. The molecule has 1 aliphatic rings. The van der Waals surface area contributed by atoms with E-state index in [1.807, 2.05) is 18.2 Å². The molecule has 0 saturated carbocycles. The van der Waals surface area contributed by atoms with Crippen molar-refractivity contribution < 1.29 is 12.8 Å². The summed E-state index contributed by atoms with van der Waals surface area (Å²) < 4.78 is 39.2. The van der Waals surface area contributed by atoms with E-state index in [-0.39, 0.29) is 5.82 Å². The highest BCUT2D eigenvalue weighted by Gasteiger charge is 2.21. The van der Waals surface area contributed by atoms with E-state index in [0.717, 1.165) is 50.0 Å². The van der Waals surface area contributed by atoms with Gasteiger partial charge in [-0.15, -0.1) is 0 Å². The van der Waals surface area contributed by atoms with E-state index in [9.17, 15) is 12.8 Å². The van der Waals surface area contributed by atoms with Crippen LogP contribution in [0.3, 0.4) is 0 Å². The molecule has 27 heavy (non-hydrogen) atoms. The summed E-state index contributed by atoms with van der Waals surface area (Å²) in [5.41, 5.74) is 2.08. The van der Waals surface area contributed by atoms with Crippen molar-refractivity contribution in [3.8, 4) is 0 Å². The highest BCUT2D eigenvalue weighted by atomic mass is 32.2. The number of sulfonamides is 1. The second-order valence-electron chi connectivity index (χ2n) is 7.49. The fourth-order valence-corrected chi connectivity index (χ4v) is 4.59. The Bertz CT molecular complexity index is 875. The average Bonchev–Trinajstić information content (AvgIpc) is 2.63. The molecule has 0 aromatic heterocycles. The first-order chi connectivity index (χ1) is 12.8. The van der Waals surface area contributed by atoms with Crippen LogP contribution in [0.4, 0.5) is 4.39 Å². The fourth-order valence-electron chi connectivity index (χ4n) is 3.62. The van der Waals surface area contributed by atoms with E-state index >= 15 is 0 Å². The molecule has 3 rings (SSSR count). The van der Waals surface area contributed by atoms with Crippen LogP contribution in [0.5, 0.6) is 0 Å². The smallest absolute Gasteiger partial charge is 0.242 e. The molecule has 0 unspecified atom stereocenters. The molecular weight excluding hydrogens is 363 g/mol. The molecule has 1 saturated heterocycles. The molecule has 2 aromatic carbocycles. The van der Waals surface area contributed by atoms with Crippen LogP contribution >= 0.6 is 0 Å². The van der Waals surface area contributed by atoms with Crippen LogP contribution in [0.25, 0.3) is 0 Å². The summed E-state index contributed by atoms with van der Waals surface area (Å²) in [4.78, 5) is 2.70. The molecule has 1 aliphatic heterocycles. The summed E-state index contributed by atoms with van der Waals surface area (Å²) in [5.74, 6) is 0.404. The van der Waals surface area contributed by atoms with Crippen molar-refractivity contribution in [3.05, 3.63) is 65.5 Å². The van der Waals surface area contributed by atoms with Gasteiger partial charge in [0.2, 0.25) is 10.0 Å². The lowest BCUT2D eigenvalue weighted by atomic mass is 9.90. The zero-order chi connectivity index (χ0) is 19.4. The molecule has 0 N–H and O–H groups in total. The van der Waals surface area contributed by atoms with Crippen molar-refractivity contribution >= 4 is 10.0 Å². The predicted molar refractivity (Wildman–Crippen MR) is 105 cm³/mol. The summed E-state index contributed by atoms with van der Waals surface area (Å²) in [6, 6.07) is 14.1. The van der Waals surface area contributed by atoms with Gasteiger partial charge in [-0.1, -0.05) is 24.3 Å². The number of benzene rings is 2. The van der Waals surface area contributed by atoms with Gasteiger partial charge in [-0.2, -0.15) is 0 Å². The number of hydrogen-bond donors (Lipinski definition) is 0. The Labute approximate surface area is 161 Å². The molecule has 1 fully saturated rings. The molecule has 1 heterocycles. The molecule has 6 heteroatoms. The quantitative estimate of drug-likeness (QED) is 0.758. The van der Waals surface area contributed by atoms with E-state index in [1.54, 1.807) is 38.4 Å². The van der Waals surface area contributed by atoms with Gasteiger partial charge in [0.05, 0.1) is 4.90 Å². The van der Waals surface area contributed by atoms with Gasteiger partial charge in [0.1, 0.15) is 5.82 Å². The zero-order valence-corrected chi connectivity index (χ0v) is 16.8. The molecule has 0 aliphatic carbocycles. The third-order valence-electron chi connectivity index (χ3n) is 5.20. The van der Waals surface area contributed by atoms with Crippen molar-refractivity contribution in [2.75, 3.05) is 27.2 Å². The Balaban J connectivity index is 1.56. The predicted octanol–water partition coefficient (Wildman–Crippen LogP) is 3.53. The minimum Gasteiger partial charge on any atom is -0.299 e. The number of piperidine rings is 1. The first-order valence-electron chi connectivity index (χ1n) is 9.33. The van der Waals surface area contributed by atoms with Crippen molar-refractivity contribution in [1.29, 1.82) is 0 Å². The molecule has 0 amide bonds. The molecule has 0 spiro atoms. The summed E-state index contributed by atoms with van der Waals surface area (Å²) in [6.07, 6.45) is 3.07. The number of rotatable bonds is 6. The van der Waals surface area contributed by atoms with Gasteiger partial charge in [0.15, 0.2) is 0 Å². The second-order valence-corrected chi connectivity index (χ2v) is 9.64. The van der Waals surface area contributed by atoms with E-state index in [2.05, 4.69) is 4.90 Å². The van der Waals surface area contributed by atoms with Gasteiger partial charge in [-0.25, -0.2) is 17.1 Å². The molecule has 2 aromatic rings. The van der Waals surface area contributed by atoms with Gasteiger partial charge in [0.25, 0.3) is 0 Å². The van der Waals surface area contributed by atoms with Gasteiger partial charge < -0.3 is 0 Å². The Morgan fingerprint density at radius 1 is 1.04 bits per heavy atom. The third-order valence-corrected chi connectivity index (χ3v) is 7.01. The van der Waals surface area contributed by atoms with Crippen LogP contribution in [0.15, 0.2) is 53.4 Å². The van der Waals surface area contributed by atoms with Gasteiger partial charge in [-0.3, -0.25) is 4.90 Å². The van der Waals surface area contributed by atoms with Crippen molar-refractivity contribution in [3.63, 3.8) is 0 Å². The second kappa shape index (κ2) is 8.50. The zero-order valence-electron chi connectivity index (χ0n) is 15.9. The third kappa shape index (κ3) is 5.15. The minimum absolute atomic E-state index is 0.169. The van der Waals surface area contributed by atoms with Crippen molar-refractivity contribution in [2.45, 2.75) is 30.7 Å². The molecule has 0 atom stereocenters. The number of likely N-dealkylation sites (tertiary alicyclic amines) is 1. The minimum atomic E-state index is -3.40. The van der Waals surface area contributed by atoms with E-state index < -0.39 is 10.0 Å². The Hall–Kier alpha value is -1.76. The van der Waals surface area contributed by atoms with Gasteiger partial charge >= 0.3 is 0 Å². The van der Waals surface area contributed by atoms with E-state index in [0.29, 0.717) is 10.8 Å². The van der Waals surface area contributed by atoms with Crippen LogP contribution in [-0.4, -0.2) is 44.8 Å². The maximum absolute atomic E-state index is 13.3. The summed E-state index contributed by atoms with van der Waals surface area (Å²) >= 11 is 0. The van der Waals surface area contributed by atoms with E-state index in [4.69, 9.17) is 0 Å². The van der Waals surface area contributed by atoms with Crippen LogP contribution in [-0.2, 0) is 23.0 Å². The van der Waals surface area contributed by atoms with Crippen molar-refractivity contribution in [2.24, 2.45) is 5.92 Å². The molecule has 0 radical (unpaired) electrons. The maximum Gasteiger partial charge on any atom is 0.242 e. The lowest BCUT2D eigenvalue weighted by Gasteiger charge is -2.32. The summed E-state index contributed by atoms with van der Waals surface area (Å²) in [6.45, 7) is 2.71. The van der Waals surface area contributed by atoms with Crippen LogP contribution < -0.4 is 0 Å². The van der Waals surface area contributed by atoms with Crippen LogP contribution in [0.1, 0.15) is 24.0 Å². The highest BCUT2D eigenvalue weighted by Crippen LogP contribution is 2.24. The summed E-state index contributed by atoms with van der Waals surface area (Å²) in [5, 5.41) is 0. The lowest BCUT2D eigenvalue weighted by Crippen LogP contribution is -2.34. The highest BCUT2D eigenvalue weighted by molar-refractivity contribution is 7.89. The average molecular weight is 391 g/mol. The topological polar surface area (TPSA) is 40.6 Å². The Morgan fingerprint density at radius 2 is 1.70 bits per heavy atom. The molecule has 146 valence electrons. The largest absolute Gasteiger partial charge is 0.299 e. The Morgan fingerprint density at radius 3 is 2.37 bits per heavy atom. The first-order valence-corrected chi connectivity index (χ1v) is 10.8. The number of halogens is 1. The molecule has 0 bridgehead atoms. The summed E-state index contributed by atoms with van der Waals surface area (Å²) in [7, 11) is -0.309. The standard InChI is InChI=1S/C21H27FN2O2S/c1-23(2)27(25,26)21-8-4-6-19(15-21)16-24-11-9-17(10-12-24)13-18-5-3-7-20(22)14-18/h3-8,14-15,17H,9-13,16H2,1-2H3. The first kappa shape index (κ1) is 20.0. The monoisotopic (exact) mass is 390 g/mol. The molecular formula is C21H27FN2O2S. The van der Waals surface area contributed by atoms with Crippen LogP contribution in [0.2, 0.25) is 0 Å². The SMILES string of the molecule is CN(C)S(=O)(=O)c1cccc(CN2CCC(Cc3cccc(F)c3)CC2)c1. The van der Waals surface area contributed by atoms with Gasteiger partial charge in [-0.05, 0) is 73.7 Å². The van der Waals surface area contributed by atoms with Crippen LogP contribution in [0, 0.1) is 11.7 Å².